The number of hydrogen-bond donors (Lipinski definition) is 1. The predicted molar refractivity (Wildman–Crippen MR) is 51.8 cm³/mol. The Balaban J connectivity index is 2.05. The van der Waals surface area contributed by atoms with Gasteiger partial charge in [0.15, 0.2) is 0 Å². The number of rotatable bonds is 3. The van der Waals surface area contributed by atoms with Gasteiger partial charge in [-0.15, -0.1) is 5.10 Å². The Morgan fingerprint density at radius 3 is 3.07 bits per heavy atom. The molecule has 0 spiro atoms. The fourth-order valence-electron chi connectivity index (χ4n) is 1.19. The lowest BCUT2D eigenvalue weighted by molar-refractivity contribution is 0.172. The zero-order valence-corrected chi connectivity index (χ0v) is 8.48. The molecule has 0 aliphatic heterocycles. The molecule has 0 amide bonds. The number of aliphatic hydroxyl groups is 1. The molecule has 6 heteroatoms. The van der Waals surface area contributed by atoms with Crippen molar-refractivity contribution in [3.8, 4) is 0 Å². The van der Waals surface area contributed by atoms with Crippen LogP contribution in [-0.4, -0.2) is 24.5 Å². The third kappa shape index (κ3) is 1.97. The van der Waals surface area contributed by atoms with Gasteiger partial charge in [0.25, 0.3) is 0 Å². The summed E-state index contributed by atoms with van der Waals surface area (Å²) in [5, 5.41) is 19.4. The Hall–Kier alpha value is -1.27. The molecule has 0 fully saturated rings. The van der Waals surface area contributed by atoms with Gasteiger partial charge in [0, 0.05) is 25.0 Å². The largest absolute Gasteiger partial charge is 0.386 e. The highest BCUT2D eigenvalue weighted by Crippen LogP contribution is 2.15. The maximum atomic E-state index is 9.73. The lowest BCUT2D eigenvalue weighted by Gasteiger charge is -2.03. The van der Waals surface area contributed by atoms with Gasteiger partial charge in [-0.25, -0.2) is 0 Å². The second-order valence-electron chi connectivity index (χ2n) is 3.03. The van der Waals surface area contributed by atoms with Crippen molar-refractivity contribution in [3.05, 3.63) is 29.0 Å². The summed E-state index contributed by atoms with van der Waals surface area (Å²) in [5.74, 6) is 0. The molecule has 0 aromatic carbocycles. The van der Waals surface area contributed by atoms with Crippen LogP contribution in [0.1, 0.15) is 17.5 Å². The fraction of sp³-hybridized carbons (Fsp3) is 0.375. The molecule has 14 heavy (non-hydrogen) atoms. The van der Waals surface area contributed by atoms with Gasteiger partial charge in [-0.1, -0.05) is 4.49 Å². The average molecular weight is 210 g/mol. The van der Waals surface area contributed by atoms with Crippen molar-refractivity contribution >= 4 is 11.5 Å². The molecule has 0 radical (unpaired) electrons. The summed E-state index contributed by atoms with van der Waals surface area (Å²) in [4.78, 5) is 0. The summed E-state index contributed by atoms with van der Waals surface area (Å²) < 4.78 is 5.41. The molecular weight excluding hydrogens is 200 g/mol. The Morgan fingerprint density at radius 1 is 1.64 bits per heavy atom. The van der Waals surface area contributed by atoms with Crippen molar-refractivity contribution in [1.29, 1.82) is 0 Å². The first-order chi connectivity index (χ1) is 6.75. The maximum Gasteiger partial charge on any atom is 0.104 e. The van der Waals surface area contributed by atoms with Crippen LogP contribution in [0.15, 0.2) is 17.6 Å². The van der Waals surface area contributed by atoms with Crippen LogP contribution in [0.25, 0.3) is 0 Å². The van der Waals surface area contributed by atoms with Gasteiger partial charge in [-0.2, -0.15) is 5.10 Å². The summed E-state index contributed by atoms with van der Waals surface area (Å²) >= 11 is 1.24. The Kier molecular flexibility index (Phi) is 2.55. The summed E-state index contributed by atoms with van der Waals surface area (Å²) in [7, 11) is 1.85. The maximum absolute atomic E-state index is 9.73. The molecule has 5 nitrogen and oxygen atoms in total. The number of aliphatic hydroxyl groups excluding tert-OH is 1. The van der Waals surface area contributed by atoms with Crippen molar-refractivity contribution in [2.45, 2.75) is 12.5 Å². The third-order valence-corrected chi connectivity index (χ3v) is 2.41. The van der Waals surface area contributed by atoms with Crippen molar-refractivity contribution in [1.82, 2.24) is 19.4 Å². The summed E-state index contributed by atoms with van der Waals surface area (Å²) in [6.45, 7) is 0. The minimum Gasteiger partial charge on any atom is -0.386 e. The first kappa shape index (κ1) is 9.29. The summed E-state index contributed by atoms with van der Waals surface area (Å²) in [6, 6.07) is 1.88. The van der Waals surface area contributed by atoms with Gasteiger partial charge in [0.1, 0.15) is 11.8 Å². The van der Waals surface area contributed by atoms with Crippen molar-refractivity contribution in [2.75, 3.05) is 0 Å². The topological polar surface area (TPSA) is 63.8 Å². The SMILES string of the molecule is Cn1ccc(CC(O)c2csnn2)n1. The first-order valence-electron chi connectivity index (χ1n) is 4.19. The van der Waals surface area contributed by atoms with Gasteiger partial charge < -0.3 is 5.11 Å². The van der Waals surface area contributed by atoms with Crippen LogP contribution in [0.2, 0.25) is 0 Å². The van der Waals surface area contributed by atoms with E-state index in [4.69, 9.17) is 0 Å². The normalized spacial score (nSPS) is 13.0. The van der Waals surface area contributed by atoms with Crippen LogP contribution in [-0.2, 0) is 13.5 Å². The summed E-state index contributed by atoms with van der Waals surface area (Å²) in [6.07, 6.45) is 1.72. The molecule has 0 saturated heterocycles. The fourth-order valence-corrected chi connectivity index (χ4v) is 1.69. The zero-order chi connectivity index (χ0) is 9.97. The second kappa shape index (κ2) is 3.85. The molecular formula is C8H10N4OS. The number of nitrogens with zero attached hydrogens (tertiary/aromatic N) is 4. The summed E-state index contributed by atoms with van der Waals surface area (Å²) in [5.41, 5.74) is 1.47. The second-order valence-corrected chi connectivity index (χ2v) is 3.64. The molecule has 0 bridgehead atoms. The van der Waals surface area contributed by atoms with Crippen LogP contribution in [0, 0.1) is 0 Å². The molecule has 74 valence electrons. The zero-order valence-electron chi connectivity index (χ0n) is 7.66. The molecule has 0 aliphatic rings. The van der Waals surface area contributed by atoms with E-state index in [1.807, 2.05) is 19.3 Å². The molecule has 0 aliphatic carbocycles. The van der Waals surface area contributed by atoms with Crippen molar-refractivity contribution in [3.63, 3.8) is 0 Å². The van der Waals surface area contributed by atoms with Crippen LogP contribution < -0.4 is 0 Å². The van der Waals surface area contributed by atoms with Crippen molar-refractivity contribution < 1.29 is 5.11 Å². The van der Waals surface area contributed by atoms with E-state index in [2.05, 4.69) is 14.7 Å². The van der Waals surface area contributed by atoms with Gasteiger partial charge in [-0.05, 0) is 17.6 Å². The minimum absolute atomic E-state index is 0.478. The lowest BCUT2D eigenvalue weighted by atomic mass is 10.1. The molecule has 2 heterocycles. The van der Waals surface area contributed by atoms with E-state index < -0.39 is 6.10 Å². The van der Waals surface area contributed by atoms with Gasteiger partial charge in [0.05, 0.1) is 5.69 Å². The van der Waals surface area contributed by atoms with E-state index in [0.717, 1.165) is 5.69 Å². The average Bonchev–Trinajstić information content (AvgIpc) is 2.75. The van der Waals surface area contributed by atoms with Gasteiger partial charge in [0.2, 0.25) is 0 Å². The number of aryl methyl sites for hydroxylation is 1. The highest BCUT2D eigenvalue weighted by atomic mass is 32.1. The molecule has 1 atom stereocenters. The molecule has 2 aromatic rings. The molecule has 1 unspecified atom stereocenters. The number of hydrogen-bond acceptors (Lipinski definition) is 5. The van der Waals surface area contributed by atoms with Crippen LogP contribution >= 0.6 is 11.5 Å². The molecule has 1 N–H and O–H groups in total. The van der Waals surface area contributed by atoms with E-state index in [-0.39, 0.29) is 0 Å². The quantitative estimate of drug-likeness (QED) is 0.803. The highest BCUT2D eigenvalue weighted by molar-refractivity contribution is 7.03. The first-order valence-corrected chi connectivity index (χ1v) is 5.03. The molecule has 2 aromatic heterocycles. The molecule has 2 rings (SSSR count). The number of aromatic nitrogens is 4. The van der Waals surface area contributed by atoms with Crippen molar-refractivity contribution in [2.24, 2.45) is 7.05 Å². The standard InChI is InChI=1S/C8H10N4OS/c1-12-3-2-6(10-12)4-8(13)7-5-14-11-9-7/h2-3,5,8,13H,4H2,1H3. The van der Waals surface area contributed by atoms with E-state index in [9.17, 15) is 5.11 Å². The highest BCUT2D eigenvalue weighted by Gasteiger charge is 2.12. The van der Waals surface area contributed by atoms with E-state index in [0.29, 0.717) is 12.1 Å². The van der Waals surface area contributed by atoms with E-state index in [1.165, 1.54) is 11.5 Å². The Labute approximate surface area is 85.2 Å². The predicted octanol–water partition coefficient (Wildman–Crippen LogP) is 0.548. The van der Waals surface area contributed by atoms with Crippen LogP contribution in [0.4, 0.5) is 0 Å². The van der Waals surface area contributed by atoms with Crippen LogP contribution in [0.3, 0.4) is 0 Å². The Morgan fingerprint density at radius 2 is 2.50 bits per heavy atom. The van der Waals surface area contributed by atoms with E-state index >= 15 is 0 Å². The monoisotopic (exact) mass is 210 g/mol. The van der Waals surface area contributed by atoms with Gasteiger partial charge >= 0.3 is 0 Å². The lowest BCUT2D eigenvalue weighted by Crippen LogP contribution is -2.03. The molecule has 0 saturated carbocycles. The van der Waals surface area contributed by atoms with E-state index in [1.54, 1.807) is 10.1 Å². The van der Waals surface area contributed by atoms with Gasteiger partial charge in [-0.3, -0.25) is 4.68 Å². The smallest absolute Gasteiger partial charge is 0.104 e. The minimum atomic E-state index is -0.608. The third-order valence-electron chi connectivity index (χ3n) is 1.89. The van der Waals surface area contributed by atoms with Crippen LogP contribution in [0.5, 0.6) is 0 Å². The Bertz CT molecular complexity index is 397.